The quantitative estimate of drug-likeness (QED) is 0.673. The predicted octanol–water partition coefficient (Wildman–Crippen LogP) is 0.570. The number of rotatable bonds is 3. The molecule has 0 bridgehead atoms. The van der Waals surface area contributed by atoms with Gasteiger partial charge in [-0.05, 0) is 6.42 Å². The second-order valence-electron chi connectivity index (χ2n) is 3.11. The van der Waals surface area contributed by atoms with Crippen LogP contribution in [0.25, 0.3) is 0 Å². The molecule has 0 spiro atoms. The maximum atomic E-state index is 5.87. The third-order valence-corrected chi connectivity index (χ3v) is 2.29. The van der Waals surface area contributed by atoms with Gasteiger partial charge in [0, 0.05) is 24.8 Å². The smallest absolute Gasteiger partial charge is 0.0642 e. The van der Waals surface area contributed by atoms with Crippen LogP contribution in [0.1, 0.15) is 13.3 Å². The summed E-state index contributed by atoms with van der Waals surface area (Å²) in [5, 5.41) is 0. The molecule has 1 unspecified atom stereocenters. The first-order valence-corrected chi connectivity index (χ1v) is 4.52. The summed E-state index contributed by atoms with van der Waals surface area (Å²) < 4.78 is 5.24. The molecule has 0 aromatic heterocycles. The second kappa shape index (κ2) is 4.48. The fourth-order valence-corrected chi connectivity index (χ4v) is 1.32. The number of hydrogen-bond donors (Lipinski definition) is 1. The maximum absolute atomic E-state index is 5.87. The molecule has 0 aromatic carbocycles. The van der Waals surface area contributed by atoms with Gasteiger partial charge in [0.25, 0.3) is 0 Å². The largest absolute Gasteiger partial charge is 0.378 e. The van der Waals surface area contributed by atoms with Crippen LogP contribution < -0.4 is 5.73 Å². The predicted molar refractivity (Wildman–Crippen MR) is 49.8 cm³/mol. The van der Waals surface area contributed by atoms with E-state index in [-0.39, 0.29) is 6.04 Å². The summed E-state index contributed by atoms with van der Waals surface area (Å²) in [4.78, 5) is 2.22. The molecule has 1 saturated heterocycles. The van der Waals surface area contributed by atoms with Crippen molar-refractivity contribution < 1.29 is 4.74 Å². The Morgan fingerprint density at radius 2 is 2.17 bits per heavy atom. The molecule has 0 aromatic rings. The number of nitrogens with two attached hydrogens (primary N) is 1. The van der Waals surface area contributed by atoms with Crippen molar-refractivity contribution in [3.05, 3.63) is 12.3 Å². The fraction of sp³-hybridized carbons (Fsp3) is 0.778. The highest BCUT2D eigenvalue weighted by Gasteiger charge is 2.15. The number of ether oxygens (including phenoxy) is 1. The van der Waals surface area contributed by atoms with E-state index in [2.05, 4.69) is 18.4 Å². The van der Waals surface area contributed by atoms with Crippen LogP contribution in [0.15, 0.2) is 12.3 Å². The molecule has 70 valence electrons. The van der Waals surface area contributed by atoms with Gasteiger partial charge >= 0.3 is 0 Å². The molecule has 2 N–H and O–H groups in total. The van der Waals surface area contributed by atoms with Crippen LogP contribution >= 0.6 is 0 Å². The van der Waals surface area contributed by atoms with Crippen molar-refractivity contribution in [1.29, 1.82) is 0 Å². The van der Waals surface area contributed by atoms with Gasteiger partial charge in [0.1, 0.15) is 0 Å². The van der Waals surface area contributed by atoms with Crippen LogP contribution in [0, 0.1) is 0 Å². The molecule has 1 aliphatic rings. The molecule has 3 nitrogen and oxygen atoms in total. The second-order valence-corrected chi connectivity index (χ2v) is 3.11. The molecule has 1 rings (SSSR count). The van der Waals surface area contributed by atoms with Crippen molar-refractivity contribution in [3.63, 3.8) is 0 Å². The lowest BCUT2D eigenvalue weighted by atomic mass is 10.1. The van der Waals surface area contributed by atoms with Gasteiger partial charge in [-0.25, -0.2) is 0 Å². The Bertz CT molecular complexity index is 153. The Labute approximate surface area is 74.2 Å². The highest BCUT2D eigenvalue weighted by atomic mass is 16.5. The lowest BCUT2D eigenvalue weighted by Gasteiger charge is -2.32. The number of nitrogens with zero attached hydrogens (tertiary/aromatic N) is 1. The average Bonchev–Trinajstić information content (AvgIpc) is 2.17. The Balaban J connectivity index is 2.39. The summed E-state index contributed by atoms with van der Waals surface area (Å²) in [7, 11) is 0. The lowest BCUT2D eigenvalue weighted by Crippen LogP contribution is -2.41. The highest BCUT2D eigenvalue weighted by Crippen LogP contribution is 2.10. The van der Waals surface area contributed by atoms with Crippen molar-refractivity contribution in [1.82, 2.24) is 4.90 Å². The maximum Gasteiger partial charge on any atom is 0.0642 e. The van der Waals surface area contributed by atoms with Gasteiger partial charge in [0.15, 0.2) is 0 Å². The topological polar surface area (TPSA) is 38.5 Å². The van der Waals surface area contributed by atoms with Crippen molar-refractivity contribution in [2.75, 3.05) is 26.3 Å². The Morgan fingerprint density at radius 1 is 1.58 bits per heavy atom. The normalized spacial score (nSPS) is 20.7. The fourth-order valence-electron chi connectivity index (χ4n) is 1.32. The van der Waals surface area contributed by atoms with E-state index in [1.54, 1.807) is 0 Å². The molecule has 0 aliphatic carbocycles. The summed E-state index contributed by atoms with van der Waals surface area (Å²) in [5.41, 5.74) is 6.92. The third kappa shape index (κ3) is 2.22. The van der Waals surface area contributed by atoms with Gasteiger partial charge in [0.2, 0.25) is 0 Å². The van der Waals surface area contributed by atoms with Crippen molar-refractivity contribution in [2.24, 2.45) is 5.73 Å². The Morgan fingerprint density at radius 3 is 2.67 bits per heavy atom. The summed E-state index contributed by atoms with van der Waals surface area (Å²) in [6, 6.07) is 0.114. The molecule has 3 heteroatoms. The average molecular weight is 170 g/mol. The van der Waals surface area contributed by atoms with E-state index in [1.165, 1.54) is 0 Å². The first-order chi connectivity index (χ1) is 5.75. The number of morpholine rings is 1. The Hall–Kier alpha value is -0.540. The molecular formula is C9H18N2O. The Kier molecular flexibility index (Phi) is 3.56. The zero-order chi connectivity index (χ0) is 8.97. The minimum atomic E-state index is 0.114. The zero-order valence-corrected chi connectivity index (χ0v) is 7.75. The molecule has 0 saturated carbocycles. The summed E-state index contributed by atoms with van der Waals surface area (Å²) in [6.45, 7) is 9.55. The van der Waals surface area contributed by atoms with Gasteiger partial charge < -0.3 is 15.4 Å². The monoisotopic (exact) mass is 170 g/mol. The van der Waals surface area contributed by atoms with Gasteiger partial charge in [-0.1, -0.05) is 13.5 Å². The van der Waals surface area contributed by atoms with Gasteiger partial charge in [-0.2, -0.15) is 0 Å². The molecule has 1 heterocycles. The van der Waals surface area contributed by atoms with Gasteiger partial charge in [-0.3, -0.25) is 0 Å². The van der Waals surface area contributed by atoms with Crippen LogP contribution in [0.4, 0.5) is 0 Å². The minimum absolute atomic E-state index is 0.114. The summed E-state index contributed by atoms with van der Waals surface area (Å²) >= 11 is 0. The van der Waals surface area contributed by atoms with Crippen LogP contribution in [-0.2, 0) is 4.74 Å². The lowest BCUT2D eigenvalue weighted by molar-refractivity contribution is 0.0511. The number of hydrogen-bond acceptors (Lipinski definition) is 3. The van der Waals surface area contributed by atoms with Crippen molar-refractivity contribution in [2.45, 2.75) is 19.4 Å². The van der Waals surface area contributed by atoms with Crippen LogP contribution in [-0.4, -0.2) is 37.2 Å². The molecule has 1 fully saturated rings. The summed E-state index contributed by atoms with van der Waals surface area (Å²) in [6.07, 6.45) is 0.955. The first-order valence-electron chi connectivity index (χ1n) is 4.52. The van der Waals surface area contributed by atoms with E-state index in [1.807, 2.05) is 0 Å². The minimum Gasteiger partial charge on any atom is -0.378 e. The van der Waals surface area contributed by atoms with Crippen LogP contribution in [0.2, 0.25) is 0 Å². The molecular weight excluding hydrogens is 152 g/mol. The highest BCUT2D eigenvalue weighted by molar-refractivity contribution is 5.03. The molecule has 1 atom stereocenters. The molecule has 0 radical (unpaired) electrons. The molecule has 1 aliphatic heterocycles. The van der Waals surface area contributed by atoms with Crippen LogP contribution in [0.3, 0.4) is 0 Å². The standard InChI is InChI=1S/C9H18N2O/c1-3-9(10)8(2)11-4-6-12-7-5-11/h9H,2-7,10H2,1H3. The first kappa shape index (κ1) is 9.55. The van der Waals surface area contributed by atoms with E-state index in [0.717, 1.165) is 38.4 Å². The van der Waals surface area contributed by atoms with E-state index in [9.17, 15) is 0 Å². The van der Waals surface area contributed by atoms with Crippen molar-refractivity contribution in [3.8, 4) is 0 Å². The van der Waals surface area contributed by atoms with Crippen LogP contribution in [0.5, 0.6) is 0 Å². The van der Waals surface area contributed by atoms with E-state index < -0.39 is 0 Å². The molecule has 0 amide bonds. The van der Waals surface area contributed by atoms with Gasteiger partial charge in [0.05, 0.1) is 13.2 Å². The van der Waals surface area contributed by atoms with E-state index in [0.29, 0.717) is 0 Å². The van der Waals surface area contributed by atoms with E-state index in [4.69, 9.17) is 10.5 Å². The molecule has 12 heavy (non-hydrogen) atoms. The van der Waals surface area contributed by atoms with Crippen molar-refractivity contribution >= 4 is 0 Å². The van der Waals surface area contributed by atoms with Gasteiger partial charge in [-0.15, -0.1) is 0 Å². The SMILES string of the molecule is C=C(C(N)CC)N1CCOCC1. The van der Waals surface area contributed by atoms with E-state index >= 15 is 0 Å². The third-order valence-electron chi connectivity index (χ3n) is 2.29. The zero-order valence-electron chi connectivity index (χ0n) is 7.75. The summed E-state index contributed by atoms with van der Waals surface area (Å²) in [5.74, 6) is 0.